The highest BCUT2D eigenvalue weighted by Crippen LogP contribution is 2.40. The number of anilines is 2. The van der Waals surface area contributed by atoms with Crippen LogP contribution >= 0.6 is 0 Å². The molecular weight excluding hydrogens is 418 g/mol. The Kier molecular flexibility index (Phi) is 5.98. The summed E-state index contributed by atoms with van der Waals surface area (Å²) in [5, 5.41) is 2.87. The highest BCUT2D eigenvalue weighted by Gasteiger charge is 2.40. The molecule has 1 atom stereocenters. The van der Waals surface area contributed by atoms with Gasteiger partial charge in [-0.1, -0.05) is 6.07 Å². The van der Waals surface area contributed by atoms with Crippen LogP contribution in [0.25, 0.3) is 0 Å². The fourth-order valence-corrected chi connectivity index (χ4v) is 5.05. The third-order valence-electron chi connectivity index (χ3n) is 6.76. The van der Waals surface area contributed by atoms with E-state index in [0.717, 1.165) is 63.1 Å². The van der Waals surface area contributed by atoms with Gasteiger partial charge in [0.05, 0.1) is 23.6 Å². The number of hydrogen-bond donors (Lipinski definition) is 1. The molecule has 33 heavy (non-hydrogen) atoms. The van der Waals surface area contributed by atoms with E-state index in [9.17, 15) is 14.4 Å². The Labute approximate surface area is 193 Å². The Balaban J connectivity index is 1.41. The summed E-state index contributed by atoms with van der Waals surface area (Å²) >= 11 is 0. The minimum Gasteiger partial charge on any atom is -0.358 e. The van der Waals surface area contributed by atoms with Crippen molar-refractivity contribution in [2.24, 2.45) is 0 Å². The van der Waals surface area contributed by atoms with Crippen molar-refractivity contribution in [2.75, 3.05) is 36.0 Å². The fourth-order valence-electron chi connectivity index (χ4n) is 5.05. The first kappa shape index (κ1) is 21.4. The quantitative estimate of drug-likeness (QED) is 0.761. The van der Waals surface area contributed by atoms with Crippen LogP contribution in [0, 0.1) is 0 Å². The van der Waals surface area contributed by atoms with E-state index in [2.05, 4.69) is 15.2 Å². The van der Waals surface area contributed by atoms with Gasteiger partial charge >= 0.3 is 0 Å². The molecule has 0 saturated carbocycles. The van der Waals surface area contributed by atoms with Gasteiger partial charge in [0.15, 0.2) is 0 Å². The maximum Gasteiger partial charge on any atom is 0.253 e. The minimum absolute atomic E-state index is 0.0110. The van der Waals surface area contributed by atoms with E-state index < -0.39 is 0 Å². The molecule has 8 heteroatoms. The van der Waals surface area contributed by atoms with Crippen LogP contribution in [-0.2, 0) is 16.1 Å². The van der Waals surface area contributed by atoms with Crippen LogP contribution in [0.1, 0.15) is 48.2 Å². The van der Waals surface area contributed by atoms with Gasteiger partial charge < -0.3 is 15.1 Å². The molecule has 2 saturated heterocycles. The van der Waals surface area contributed by atoms with Crippen LogP contribution in [0.3, 0.4) is 0 Å². The molecule has 0 bridgehead atoms. The summed E-state index contributed by atoms with van der Waals surface area (Å²) in [5.41, 5.74) is 2.90. The van der Waals surface area contributed by atoms with E-state index in [1.165, 1.54) is 0 Å². The van der Waals surface area contributed by atoms with E-state index in [4.69, 9.17) is 0 Å². The molecule has 0 spiro atoms. The molecule has 2 fully saturated rings. The van der Waals surface area contributed by atoms with E-state index in [-0.39, 0.29) is 30.3 Å². The van der Waals surface area contributed by atoms with Crippen LogP contribution in [-0.4, -0.2) is 59.8 Å². The summed E-state index contributed by atoms with van der Waals surface area (Å²) < 4.78 is 0. The zero-order chi connectivity index (χ0) is 22.8. The lowest BCUT2D eigenvalue weighted by atomic mass is 9.95. The van der Waals surface area contributed by atoms with Gasteiger partial charge in [-0.3, -0.25) is 24.3 Å². The number of carbonyl (C=O) groups is 3. The van der Waals surface area contributed by atoms with Gasteiger partial charge in [0, 0.05) is 31.4 Å². The number of nitrogens with one attached hydrogen (secondary N) is 1. The highest BCUT2D eigenvalue weighted by atomic mass is 16.2. The van der Waals surface area contributed by atoms with Crippen LogP contribution in [0.2, 0.25) is 0 Å². The van der Waals surface area contributed by atoms with Crippen LogP contribution in [0.15, 0.2) is 42.6 Å². The standard InChI is InChI=1S/C25H29N5O3/c31-23(27-16-19-7-1-3-11-26-19)17-30-22-15-18(24(32)28-12-5-6-13-28)9-10-20(22)29-14-4-2-8-21(29)25(30)33/h1,3,7,9-11,15,21H,2,4-6,8,12-14,16-17H2,(H,27,31). The molecule has 3 amide bonds. The zero-order valence-corrected chi connectivity index (χ0v) is 18.7. The summed E-state index contributed by atoms with van der Waals surface area (Å²) in [4.78, 5) is 49.1. The summed E-state index contributed by atoms with van der Waals surface area (Å²) in [6.07, 6.45) is 6.53. The minimum atomic E-state index is -0.255. The second kappa shape index (κ2) is 9.21. The summed E-state index contributed by atoms with van der Waals surface area (Å²) in [7, 11) is 0. The molecule has 2 aromatic rings. The van der Waals surface area contributed by atoms with Crippen molar-refractivity contribution < 1.29 is 14.4 Å². The molecule has 4 heterocycles. The number of carbonyl (C=O) groups excluding carboxylic acids is 3. The molecule has 0 aliphatic carbocycles. The number of aromatic nitrogens is 1. The largest absolute Gasteiger partial charge is 0.358 e. The monoisotopic (exact) mass is 447 g/mol. The van der Waals surface area contributed by atoms with E-state index in [1.54, 1.807) is 17.2 Å². The van der Waals surface area contributed by atoms with Crippen molar-refractivity contribution in [1.29, 1.82) is 0 Å². The summed E-state index contributed by atoms with van der Waals surface area (Å²) in [6.45, 7) is 2.57. The van der Waals surface area contributed by atoms with E-state index in [1.807, 2.05) is 35.2 Å². The predicted molar refractivity (Wildman–Crippen MR) is 125 cm³/mol. The first-order chi connectivity index (χ1) is 16.1. The molecule has 0 radical (unpaired) electrons. The van der Waals surface area contributed by atoms with Gasteiger partial charge in [0.2, 0.25) is 11.8 Å². The second-order valence-corrected chi connectivity index (χ2v) is 8.93. The molecule has 5 rings (SSSR count). The van der Waals surface area contributed by atoms with Crippen LogP contribution in [0.5, 0.6) is 0 Å². The molecular formula is C25H29N5O3. The highest BCUT2D eigenvalue weighted by molar-refractivity contribution is 6.09. The molecule has 1 unspecified atom stereocenters. The van der Waals surface area contributed by atoms with Gasteiger partial charge in [0.25, 0.3) is 5.91 Å². The van der Waals surface area contributed by atoms with Crippen molar-refractivity contribution in [1.82, 2.24) is 15.2 Å². The Morgan fingerprint density at radius 3 is 2.61 bits per heavy atom. The Morgan fingerprint density at radius 1 is 1.00 bits per heavy atom. The number of pyridine rings is 1. The van der Waals surface area contributed by atoms with Crippen molar-refractivity contribution >= 4 is 29.1 Å². The number of benzene rings is 1. The molecule has 172 valence electrons. The smallest absolute Gasteiger partial charge is 0.253 e. The Morgan fingerprint density at radius 2 is 1.82 bits per heavy atom. The molecule has 1 aromatic carbocycles. The maximum absolute atomic E-state index is 13.5. The Hall–Kier alpha value is -3.42. The SMILES string of the molecule is O=C(CN1C(=O)C2CCCCN2c2ccc(C(=O)N3CCCC3)cc21)NCc1ccccn1. The van der Waals surface area contributed by atoms with Crippen LogP contribution < -0.4 is 15.1 Å². The number of rotatable bonds is 5. The lowest BCUT2D eigenvalue weighted by Crippen LogP contribution is -2.57. The van der Waals surface area contributed by atoms with Gasteiger partial charge in [-0.15, -0.1) is 0 Å². The molecule has 8 nitrogen and oxygen atoms in total. The molecule has 3 aliphatic rings. The first-order valence-electron chi connectivity index (χ1n) is 11.8. The normalized spacial score (nSPS) is 19.8. The van der Waals surface area contributed by atoms with Gasteiger partial charge in [0.1, 0.15) is 12.6 Å². The van der Waals surface area contributed by atoms with Gasteiger partial charge in [-0.05, 0) is 62.4 Å². The number of piperidine rings is 1. The number of fused-ring (bicyclic) bond motifs is 3. The van der Waals surface area contributed by atoms with E-state index in [0.29, 0.717) is 17.8 Å². The predicted octanol–water partition coefficient (Wildman–Crippen LogP) is 2.34. The molecule has 1 N–H and O–H groups in total. The summed E-state index contributed by atoms with van der Waals surface area (Å²) in [6, 6.07) is 10.9. The lowest BCUT2D eigenvalue weighted by Gasteiger charge is -2.45. The number of likely N-dealkylation sites (tertiary alicyclic amines) is 1. The topological polar surface area (TPSA) is 85.9 Å². The van der Waals surface area contributed by atoms with E-state index >= 15 is 0 Å². The lowest BCUT2D eigenvalue weighted by molar-refractivity contribution is -0.125. The van der Waals surface area contributed by atoms with Crippen molar-refractivity contribution in [2.45, 2.75) is 44.7 Å². The third kappa shape index (κ3) is 4.29. The third-order valence-corrected chi connectivity index (χ3v) is 6.76. The molecule has 1 aromatic heterocycles. The van der Waals surface area contributed by atoms with Gasteiger partial charge in [-0.25, -0.2) is 0 Å². The average Bonchev–Trinajstić information content (AvgIpc) is 3.40. The second-order valence-electron chi connectivity index (χ2n) is 8.93. The molecule has 3 aliphatic heterocycles. The zero-order valence-electron chi connectivity index (χ0n) is 18.7. The van der Waals surface area contributed by atoms with Crippen LogP contribution in [0.4, 0.5) is 11.4 Å². The van der Waals surface area contributed by atoms with Gasteiger partial charge in [-0.2, -0.15) is 0 Å². The number of amides is 3. The van der Waals surface area contributed by atoms with Crippen molar-refractivity contribution in [3.63, 3.8) is 0 Å². The Bertz CT molecular complexity index is 1050. The average molecular weight is 448 g/mol. The summed E-state index contributed by atoms with van der Waals surface area (Å²) in [5.74, 6) is -0.329. The number of hydrogen-bond acceptors (Lipinski definition) is 5. The number of nitrogens with zero attached hydrogens (tertiary/aromatic N) is 4. The van der Waals surface area contributed by atoms with Crippen molar-refractivity contribution in [3.05, 3.63) is 53.9 Å². The van der Waals surface area contributed by atoms with Crippen molar-refractivity contribution in [3.8, 4) is 0 Å². The maximum atomic E-state index is 13.5. The first-order valence-corrected chi connectivity index (χ1v) is 11.8. The fraction of sp³-hybridized carbons (Fsp3) is 0.440.